The van der Waals surface area contributed by atoms with Crippen LogP contribution in [0.15, 0.2) is 43.6 Å². The second kappa shape index (κ2) is 8.65. The SMILES string of the molecule is C=C/C=C(\C=C)c1nc2c(c(-c3ccn(C)n3)n1)CC(NC(=O)OC(C)(C)C)CC2. The van der Waals surface area contributed by atoms with Gasteiger partial charge in [0.1, 0.15) is 11.3 Å². The van der Waals surface area contributed by atoms with Crippen LogP contribution in [-0.4, -0.2) is 37.5 Å². The first-order valence-electron chi connectivity index (χ1n) is 10.0. The molecule has 1 atom stereocenters. The predicted octanol–water partition coefficient (Wildman–Crippen LogP) is 4.01. The summed E-state index contributed by atoms with van der Waals surface area (Å²) in [6.45, 7) is 13.2. The van der Waals surface area contributed by atoms with E-state index < -0.39 is 11.7 Å². The van der Waals surface area contributed by atoms with Gasteiger partial charge in [-0.05, 0) is 46.1 Å². The normalized spacial score (nSPS) is 16.5. The molecule has 3 rings (SSSR count). The molecule has 0 spiro atoms. The van der Waals surface area contributed by atoms with E-state index in [1.165, 1.54) is 0 Å². The lowest BCUT2D eigenvalue weighted by atomic mass is 9.89. The molecule has 7 heteroatoms. The van der Waals surface area contributed by atoms with Crippen LogP contribution >= 0.6 is 0 Å². The minimum Gasteiger partial charge on any atom is -0.444 e. The fourth-order valence-corrected chi connectivity index (χ4v) is 3.45. The third kappa shape index (κ3) is 5.03. The van der Waals surface area contributed by atoms with Crippen molar-refractivity contribution in [3.05, 3.63) is 60.7 Å². The Morgan fingerprint density at radius 1 is 1.33 bits per heavy atom. The minimum absolute atomic E-state index is 0.0492. The van der Waals surface area contributed by atoms with E-state index in [1.54, 1.807) is 16.8 Å². The van der Waals surface area contributed by atoms with Crippen molar-refractivity contribution < 1.29 is 9.53 Å². The van der Waals surface area contributed by atoms with E-state index in [9.17, 15) is 4.79 Å². The summed E-state index contributed by atoms with van der Waals surface area (Å²) >= 11 is 0. The number of carbonyl (C=O) groups excluding carboxylic acids is 1. The van der Waals surface area contributed by atoms with Gasteiger partial charge in [-0.2, -0.15) is 5.10 Å². The number of hydrogen-bond donors (Lipinski definition) is 1. The molecule has 2 aromatic heterocycles. The second-order valence-electron chi connectivity index (χ2n) is 8.34. The number of ether oxygens (including phenoxy) is 1. The molecular weight excluding hydrogens is 378 g/mol. The van der Waals surface area contributed by atoms with Gasteiger partial charge in [0, 0.05) is 36.1 Å². The Hall–Kier alpha value is -3.22. The van der Waals surface area contributed by atoms with Crippen LogP contribution in [-0.2, 0) is 24.6 Å². The zero-order chi connectivity index (χ0) is 21.9. The van der Waals surface area contributed by atoms with Crippen molar-refractivity contribution in [2.45, 2.75) is 51.7 Å². The summed E-state index contributed by atoms with van der Waals surface area (Å²) in [5.41, 5.74) is 3.80. The van der Waals surface area contributed by atoms with E-state index in [0.717, 1.165) is 41.1 Å². The first kappa shape index (κ1) is 21.5. The van der Waals surface area contributed by atoms with Crippen LogP contribution in [0.5, 0.6) is 0 Å². The highest BCUT2D eigenvalue weighted by molar-refractivity contribution is 5.73. The van der Waals surface area contributed by atoms with Crippen molar-refractivity contribution in [2.75, 3.05) is 0 Å². The Kier molecular flexibility index (Phi) is 6.20. The van der Waals surface area contributed by atoms with E-state index in [0.29, 0.717) is 12.2 Å². The first-order chi connectivity index (χ1) is 14.2. The number of fused-ring (bicyclic) bond motifs is 1. The Balaban J connectivity index is 1.97. The molecule has 1 amide bonds. The summed E-state index contributed by atoms with van der Waals surface area (Å²) in [5.74, 6) is 0.600. The van der Waals surface area contributed by atoms with Crippen LogP contribution in [0.25, 0.3) is 17.0 Å². The maximum atomic E-state index is 12.2. The summed E-state index contributed by atoms with van der Waals surface area (Å²) in [6.07, 6.45) is 8.86. The molecule has 0 saturated carbocycles. The van der Waals surface area contributed by atoms with E-state index in [-0.39, 0.29) is 6.04 Å². The summed E-state index contributed by atoms with van der Waals surface area (Å²) in [7, 11) is 1.87. The number of allylic oxidation sites excluding steroid dienone is 4. The molecule has 0 aliphatic heterocycles. The maximum absolute atomic E-state index is 12.2. The van der Waals surface area contributed by atoms with Crippen LogP contribution < -0.4 is 5.32 Å². The quantitative estimate of drug-likeness (QED) is 0.757. The zero-order valence-electron chi connectivity index (χ0n) is 18.1. The van der Waals surface area contributed by atoms with Crippen molar-refractivity contribution in [3.8, 4) is 11.4 Å². The van der Waals surface area contributed by atoms with Gasteiger partial charge in [0.2, 0.25) is 0 Å². The van der Waals surface area contributed by atoms with Crippen LogP contribution in [0.2, 0.25) is 0 Å². The van der Waals surface area contributed by atoms with E-state index >= 15 is 0 Å². The van der Waals surface area contributed by atoms with Crippen LogP contribution in [0, 0.1) is 0 Å². The van der Waals surface area contributed by atoms with Gasteiger partial charge in [-0.15, -0.1) is 0 Å². The van der Waals surface area contributed by atoms with Crippen LogP contribution in [0.1, 0.15) is 44.3 Å². The number of aromatic nitrogens is 4. The third-order valence-electron chi connectivity index (χ3n) is 4.73. The van der Waals surface area contributed by atoms with Crippen molar-refractivity contribution in [1.29, 1.82) is 0 Å². The standard InChI is InChI=1S/C23H29N5O2/c1-7-9-15(8-2)21-25-18-11-10-16(24-22(29)30-23(3,4)5)14-17(18)20(26-21)19-12-13-28(6)27-19/h7-9,12-13,16H,1-2,10-11,14H2,3-6H3,(H,24,29)/b15-9+. The lowest BCUT2D eigenvalue weighted by molar-refractivity contribution is 0.0500. The Morgan fingerprint density at radius 2 is 2.10 bits per heavy atom. The summed E-state index contributed by atoms with van der Waals surface area (Å²) in [5, 5.41) is 7.53. The first-order valence-corrected chi connectivity index (χ1v) is 10.0. The Morgan fingerprint density at radius 3 is 2.70 bits per heavy atom. The van der Waals surface area contributed by atoms with E-state index in [4.69, 9.17) is 14.7 Å². The highest BCUT2D eigenvalue weighted by Crippen LogP contribution is 2.30. The van der Waals surface area contributed by atoms with Gasteiger partial charge in [0.15, 0.2) is 5.82 Å². The molecule has 30 heavy (non-hydrogen) atoms. The Bertz CT molecular complexity index is 998. The lowest BCUT2D eigenvalue weighted by Gasteiger charge is -2.28. The molecule has 2 heterocycles. The average Bonchev–Trinajstić information content (AvgIpc) is 3.10. The topological polar surface area (TPSA) is 81.9 Å². The number of amides is 1. The summed E-state index contributed by atoms with van der Waals surface area (Å²) in [4.78, 5) is 21.8. The molecule has 7 nitrogen and oxygen atoms in total. The monoisotopic (exact) mass is 407 g/mol. The highest BCUT2D eigenvalue weighted by Gasteiger charge is 2.28. The molecule has 1 aliphatic carbocycles. The van der Waals surface area contributed by atoms with Gasteiger partial charge in [0.25, 0.3) is 0 Å². The molecule has 0 fully saturated rings. The van der Waals surface area contributed by atoms with Gasteiger partial charge in [-0.25, -0.2) is 14.8 Å². The smallest absolute Gasteiger partial charge is 0.407 e. The zero-order valence-corrected chi connectivity index (χ0v) is 18.1. The van der Waals surface area contributed by atoms with E-state index in [1.807, 2.05) is 46.2 Å². The van der Waals surface area contributed by atoms with Crippen LogP contribution in [0.3, 0.4) is 0 Å². The number of nitrogens with one attached hydrogen (secondary N) is 1. The van der Waals surface area contributed by atoms with Gasteiger partial charge in [-0.3, -0.25) is 4.68 Å². The molecule has 0 saturated heterocycles. The number of nitrogens with zero attached hydrogens (tertiary/aromatic N) is 4. The van der Waals surface area contributed by atoms with Gasteiger partial charge < -0.3 is 10.1 Å². The second-order valence-corrected chi connectivity index (χ2v) is 8.34. The molecule has 1 aliphatic rings. The maximum Gasteiger partial charge on any atom is 0.407 e. The molecule has 0 radical (unpaired) electrons. The summed E-state index contributed by atoms with van der Waals surface area (Å²) < 4.78 is 7.16. The van der Waals surface area contributed by atoms with Crippen molar-refractivity contribution in [1.82, 2.24) is 25.1 Å². The molecule has 0 aromatic carbocycles. The van der Waals surface area contributed by atoms with Crippen LogP contribution in [0.4, 0.5) is 4.79 Å². The minimum atomic E-state index is -0.535. The Labute approximate surface area is 177 Å². The number of aryl methyl sites for hydroxylation is 2. The fraction of sp³-hybridized carbons (Fsp3) is 0.391. The lowest BCUT2D eigenvalue weighted by Crippen LogP contribution is -2.42. The van der Waals surface area contributed by atoms with Gasteiger partial charge >= 0.3 is 6.09 Å². The van der Waals surface area contributed by atoms with Crippen molar-refractivity contribution in [2.24, 2.45) is 7.05 Å². The molecule has 1 unspecified atom stereocenters. The largest absolute Gasteiger partial charge is 0.444 e. The molecule has 0 bridgehead atoms. The molecule has 2 aromatic rings. The number of alkyl carbamates (subject to hydrolysis) is 1. The van der Waals surface area contributed by atoms with Gasteiger partial charge in [0.05, 0.1) is 5.69 Å². The van der Waals surface area contributed by atoms with Crippen molar-refractivity contribution in [3.63, 3.8) is 0 Å². The predicted molar refractivity (Wildman–Crippen MR) is 118 cm³/mol. The number of rotatable bonds is 5. The molecular formula is C23H29N5O2. The van der Waals surface area contributed by atoms with Gasteiger partial charge in [-0.1, -0.05) is 31.4 Å². The molecule has 1 N–H and O–H groups in total. The fourth-order valence-electron chi connectivity index (χ4n) is 3.45. The number of carbonyl (C=O) groups is 1. The van der Waals surface area contributed by atoms with Crippen molar-refractivity contribution >= 4 is 11.7 Å². The third-order valence-corrected chi connectivity index (χ3v) is 4.73. The number of hydrogen-bond acceptors (Lipinski definition) is 5. The van der Waals surface area contributed by atoms with E-state index in [2.05, 4.69) is 23.6 Å². The highest BCUT2D eigenvalue weighted by atomic mass is 16.6. The molecule has 158 valence electrons. The summed E-state index contributed by atoms with van der Waals surface area (Å²) in [6, 6.07) is 1.88. The average molecular weight is 408 g/mol.